The van der Waals surface area contributed by atoms with Gasteiger partial charge in [-0.15, -0.1) is 0 Å². The van der Waals surface area contributed by atoms with Crippen LogP contribution in [-0.4, -0.2) is 96.7 Å². The molecule has 0 aliphatic heterocycles. The van der Waals surface area contributed by atoms with E-state index in [-0.39, 0.29) is 25.7 Å². The third-order valence-electron chi connectivity index (χ3n) is 20.2. The maximum absolute atomic E-state index is 13.1. The number of hydrogen-bond acceptors (Lipinski definition) is 15. The fraction of sp³-hybridized carbons (Fsp3) is 0.951. The first-order valence-corrected chi connectivity index (χ1v) is 45.3. The number of rotatable bonds is 79. The van der Waals surface area contributed by atoms with Crippen LogP contribution in [0, 0.1) is 23.7 Å². The molecule has 19 heteroatoms. The summed E-state index contributed by atoms with van der Waals surface area (Å²) in [7, 11) is -9.92. The SMILES string of the molecule is CCC(C)CCCCCCCCCCCCCCCCC(=O)OC[C@H](COP(=O)(O)OC[C@@H](O)COP(=O)(O)OC[C@@H](COC(=O)CCCCCCCCC(C)CC)OC(=O)CCCCCCCCCCCCCCCCC(C)CC)OC(=O)CCCCCCCCCCCCCCC(C)C. The zero-order valence-corrected chi connectivity index (χ0v) is 68.3. The Morgan fingerprint density at radius 1 is 0.277 bits per heavy atom. The summed E-state index contributed by atoms with van der Waals surface area (Å²) in [6, 6.07) is 0. The van der Waals surface area contributed by atoms with Gasteiger partial charge in [-0.2, -0.15) is 0 Å². The molecule has 0 saturated carbocycles. The van der Waals surface area contributed by atoms with Gasteiger partial charge in [-0.1, -0.05) is 370 Å². The van der Waals surface area contributed by atoms with Crippen molar-refractivity contribution in [2.45, 2.75) is 440 Å². The monoisotopic (exact) mass is 1480 g/mol. The summed E-state index contributed by atoms with van der Waals surface area (Å²) in [5.74, 6) is 1.09. The smallest absolute Gasteiger partial charge is 0.462 e. The molecule has 8 atom stereocenters. The molecule has 0 saturated heterocycles. The van der Waals surface area contributed by atoms with Crippen LogP contribution in [0.4, 0.5) is 0 Å². The van der Waals surface area contributed by atoms with E-state index in [0.29, 0.717) is 25.7 Å². The van der Waals surface area contributed by atoms with Crippen molar-refractivity contribution in [3.8, 4) is 0 Å². The van der Waals surface area contributed by atoms with E-state index >= 15 is 0 Å². The minimum Gasteiger partial charge on any atom is -0.462 e. The van der Waals surface area contributed by atoms with E-state index in [4.69, 9.17) is 37.0 Å². The van der Waals surface area contributed by atoms with E-state index in [9.17, 15) is 43.2 Å². The number of hydrogen-bond donors (Lipinski definition) is 3. The Balaban J connectivity index is 5.24. The van der Waals surface area contributed by atoms with Crippen molar-refractivity contribution in [2.24, 2.45) is 23.7 Å². The van der Waals surface area contributed by atoms with Gasteiger partial charge < -0.3 is 33.8 Å². The van der Waals surface area contributed by atoms with Gasteiger partial charge in [0.2, 0.25) is 0 Å². The van der Waals surface area contributed by atoms with Crippen molar-refractivity contribution >= 4 is 39.5 Å². The average Bonchev–Trinajstić information content (AvgIpc) is 0.935. The molecule has 0 rings (SSSR count). The number of ether oxygens (including phenoxy) is 4. The van der Waals surface area contributed by atoms with Crippen LogP contribution in [0.25, 0.3) is 0 Å². The predicted molar refractivity (Wildman–Crippen MR) is 414 cm³/mol. The summed E-state index contributed by atoms with van der Waals surface area (Å²) < 4.78 is 68.8. The molecule has 0 fully saturated rings. The van der Waals surface area contributed by atoms with E-state index in [0.717, 1.165) is 120 Å². The Morgan fingerprint density at radius 2 is 0.475 bits per heavy atom. The molecule has 0 aromatic heterocycles. The lowest BCUT2D eigenvalue weighted by atomic mass is 9.99. The van der Waals surface area contributed by atoms with Gasteiger partial charge in [0.25, 0.3) is 0 Å². The summed E-state index contributed by atoms with van der Waals surface area (Å²) in [4.78, 5) is 73.1. The summed E-state index contributed by atoms with van der Waals surface area (Å²) in [5.41, 5.74) is 0. The summed E-state index contributed by atoms with van der Waals surface area (Å²) in [5, 5.41) is 10.7. The van der Waals surface area contributed by atoms with Crippen LogP contribution >= 0.6 is 15.6 Å². The van der Waals surface area contributed by atoms with Crippen molar-refractivity contribution in [3.05, 3.63) is 0 Å². The molecule has 0 aliphatic carbocycles. The number of aliphatic hydroxyl groups excluding tert-OH is 1. The summed E-state index contributed by atoms with van der Waals surface area (Å²) in [6.07, 6.45) is 58.1. The number of carbonyl (C=O) groups is 4. The van der Waals surface area contributed by atoms with Crippen LogP contribution in [-0.2, 0) is 65.4 Å². The number of phosphoric acid groups is 2. The second kappa shape index (κ2) is 71.0. The van der Waals surface area contributed by atoms with E-state index in [2.05, 4.69) is 55.4 Å². The highest BCUT2D eigenvalue weighted by atomic mass is 31.2. The first-order valence-electron chi connectivity index (χ1n) is 42.3. The molecule has 0 amide bonds. The molecule has 0 aliphatic rings. The Bertz CT molecular complexity index is 1980. The zero-order chi connectivity index (χ0) is 74.6. The van der Waals surface area contributed by atoms with E-state index in [1.165, 1.54) is 218 Å². The molecule has 600 valence electrons. The van der Waals surface area contributed by atoms with Crippen molar-refractivity contribution in [3.63, 3.8) is 0 Å². The fourth-order valence-corrected chi connectivity index (χ4v) is 14.1. The molecular weight excluding hydrogens is 1320 g/mol. The largest absolute Gasteiger partial charge is 0.472 e. The van der Waals surface area contributed by atoms with Crippen molar-refractivity contribution in [2.75, 3.05) is 39.6 Å². The molecule has 5 unspecified atom stereocenters. The maximum atomic E-state index is 13.1. The normalized spacial score (nSPS) is 14.8. The van der Waals surface area contributed by atoms with Crippen LogP contribution in [0.15, 0.2) is 0 Å². The van der Waals surface area contributed by atoms with Crippen LogP contribution in [0.5, 0.6) is 0 Å². The Labute approximate surface area is 619 Å². The standard InChI is InChI=1S/C82H160O17P2/c1-9-73(6)59-51-43-35-29-23-16-12-14-18-25-31-37-46-54-62-79(84)92-68-77(98-81(86)65-57-49-39-33-27-21-20-22-28-34-42-50-58-72(4)5)70-96-100(88,89)94-66-76(83)67-95-101(90,91)97-71-78(69-93-80(85)63-55-47-41-40-45-53-61-75(8)11-3)99-82(87)64-56-48-38-32-26-19-15-13-17-24-30-36-44-52-60-74(7)10-2/h72-78,83H,9-71H2,1-8H3,(H,88,89)(H,90,91)/t73?,74?,75?,76-,77-,78-/m1/s1. The lowest BCUT2D eigenvalue weighted by Crippen LogP contribution is -2.30. The minimum atomic E-state index is -4.96. The van der Waals surface area contributed by atoms with Gasteiger partial charge in [-0.3, -0.25) is 37.3 Å². The highest BCUT2D eigenvalue weighted by Crippen LogP contribution is 2.45. The molecular formula is C82H160O17P2. The Morgan fingerprint density at radius 3 is 0.703 bits per heavy atom. The predicted octanol–water partition coefficient (Wildman–Crippen LogP) is 24.4. The highest BCUT2D eigenvalue weighted by molar-refractivity contribution is 7.47. The Kier molecular flexibility index (Phi) is 69.6. The molecule has 17 nitrogen and oxygen atoms in total. The van der Waals surface area contributed by atoms with Gasteiger partial charge in [0.1, 0.15) is 19.3 Å². The first kappa shape index (κ1) is 99.1. The summed E-state index contributed by atoms with van der Waals surface area (Å²) >= 11 is 0. The highest BCUT2D eigenvalue weighted by Gasteiger charge is 2.30. The molecule has 0 bridgehead atoms. The van der Waals surface area contributed by atoms with E-state index in [1.807, 2.05) is 0 Å². The number of esters is 4. The van der Waals surface area contributed by atoms with E-state index < -0.39 is 97.5 Å². The molecule has 0 aromatic rings. The summed E-state index contributed by atoms with van der Waals surface area (Å²) in [6.45, 7) is 14.3. The van der Waals surface area contributed by atoms with Crippen LogP contribution in [0.3, 0.4) is 0 Å². The fourth-order valence-electron chi connectivity index (χ4n) is 12.5. The van der Waals surface area contributed by atoms with Crippen LogP contribution < -0.4 is 0 Å². The van der Waals surface area contributed by atoms with Crippen LogP contribution in [0.2, 0.25) is 0 Å². The van der Waals surface area contributed by atoms with E-state index in [1.54, 1.807) is 0 Å². The lowest BCUT2D eigenvalue weighted by molar-refractivity contribution is -0.161. The maximum Gasteiger partial charge on any atom is 0.472 e. The second-order valence-corrected chi connectivity index (χ2v) is 33.6. The average molecular weight is 1480 g/mol. The van der Waals surface area contributed by atoms with Gasteiger partial charge in [-0.05, 0) is 49.4 Å². The first-order chi connectivity index (χ1) is 48.7. The van der Waals surface area contributed by atoms with Crippen molar-refractivity contribution < 1.29 is 80.2 Å². The van der Waals surface area contributed by atoms with Crippen molar-refractivity contribution in [1.29, 1.82) is 0 Å². The van der Waals surface area contributed by atoms with Gasteiger partial charge in [0, 0.05) is 25.7 Å². The zero-order valence-electron chi connectivity index (χ0n) is 66.5. The van der Waals surface area contributed by atoms with Gasteiger partial charge in [-0.25, -0.2) is 9.13 Å². The second-order valence-electron chi connectivity index (χ2n) is 30.7. The van der Waals surface area contributed by atoms with Crippen LogP contribution in [0.1, 0.15) is 421 Å². The van der Waals surface area contributed by atoms with Gasteiger partial charge >= 0.3 is 39.5 Å². The topological polar surface area (TPSA) is 237 Å². The molecule has 3 N–H and O–H groups in total. The van der Waals surface area contributed by atoms with Gasteiger partial charge in [0.05, 0.1) is 26.4 Å². The number of unbranched alkanes of at least 4 members (excludes halogenated alkanes) is 42. The number of carbonyl (C=O) groups excluding carboxylic acids is 4. The molecule has 0 radical (unpaired) electrons. The molecule has 0 heterocycles. The number of phosphoric ester groups is 2. The molecule has 0 aromatic carbocycles. The quantitative estimate of drug-likeness (QED) is 0.0222. The third-order valence-corrected chi connectivity index (χ3v) is 22.1. The Hall–Kier alpha value is -1.94. The lowest BCUT2D eigenvalue weighted by Gasteiger charge is -2.21. The molecule has 0 spiro atoms. The minimum absolute atomic E-state index is 0.106. The van der Waals surface area contributed by atoms with Gasteiger partial charge in [0.15, 0.2) is 12.2 Å². The third kappa shape index (κ3) is 72.1. The van der Waals surface area contributed by atoms with Crippen molar-refractivity contribution in [1.82, 2.24) is 0 Å². The number of aliphatic hydroxyl groups is 1. The molecule has 101 heavy (non-hydrogen) atoms.